The summed E-state index contributed by atoms with van der Waals surface area (Å²) in [6, 6.07) is 7.24. The number of halogens is 6. The molecule has 0 aliphatic heterocycles. The van der Waals surface area contributed by atoms with Gasteiger partial charge in [0.25, 0.3) is 0 Å². The van der Waals surface area contributed by atoms with E-state index in [1.54, 1.807) is 24.3 Å². The highest BCUT2D eigenvalue weighted by Gasteiger charge is 2.37. The molecule has 2 aromatic carbocycles. The molecule has 0 aliphatic carbocycles. The Bertz CT molecular complexity index is 1240. The SMILES string of the molecule is O=c1[nH]c(=O)n(Cc2ccc(C#CCOc3cc(C(F)(F)F)cc(C(F)(F)F)c3)cc2)o1. The normalized spacial score (nSPS) is 11.7. The van der Waals surface area contributed by atoms with E-state index in [-0.39, 0.29) is 12.6 Å². The first-order valence-corrected chi connectivity index (χ1v) is 8.72. The fraction of sp³-hybridized carbons (Fsp3) is 0.200. The van der Waals surface area contributed by atoms with E-state index in [0.29, 0.717) is 23.3 Å². The summed E-state index contributed by atoms with van der Waals surface area (Å²) in [7, 11) is 0. The molecule has 12 heteroatoms. The summed E-state index contributed by atoms with van der Waals surface area (Å²) in [6.07, 6.45) is -9.94. The van der Waals surface area contributed by atoms with Crippen molar-refractivity contribution < 1.29 is 35.6 Å². The molecule has 1 aromatic heterocycles. The molecule has 6 nitrogen and oxygen atoms in total. The molecule has 0 unspecified atom stereocenters. The second-order valence-corrected chi connectivity index (χ2v) is 6.37. The Balaban J connectivity index is 1.67. The lowest BCUT2D eigenvalue weighted by Gasteiger charge is -2.14. The molecule has 0 spiro atoms. The number of aromatic nitrogens is 2. The van der Waals surface area contributed by atoms with Crippen LogP contribution in [0, 0.1) is 11.8 Å². The van der Waals surface area contributed by atoms with Crippen LogP contribution in [0.2, 0.25) is 0 Å². The Morgan fingerprint density at radius 1 is 0.938 bits per heavy atom. The van der Waals surface area contributed by atoms with Gasteiger partial charge in [0.05, 0.1) is 17.7 Å². The van der Waals surface area contributed by atoms with Crippen molar-refractivity contribution in [1.82, 2.24) is 9.72 Å². The van der Waals surface area contributed by atoms with E-state index >= 15 is 0 Å². The zero-order valence-electron chi connectivity index (χ0n) is 15.8. The molecule has 1 N–H and O–H groups in total. The number of ether oxygens (including phenoxy) is 1. The fourth-order valence-electron chi connectivity index (χ4n) is 2.54. The van der Waals surface area contributed by atoms with Crippen LogP contribution in [-0.4, -0.2) is 16.3 Å². The Morgan fingerprint density at radius 2 is 1.53 bits per heavy atom. The van der Waals surface area contributed by atoms with Crippen LogP contribution in [0.5, 0.6) is 5.75 Å². The summed E-state index contributed by atoms with van der Waals surface area (Å²) in [5.74, 6) is 3.63. The van der Waals surface area contributed by atoms with Crippen LogP contribution in [0.3, 0.4) is 0 Å². The van der Waals surface area contributed by atoms with Gasteiger partial charge in [-0.25, -0.2) is 14.6 Å². The lowest BCUT2D eigenvalue weighted by Crippen LogP contribution is -2.17. The number of hydrogen-bond donors (Lipinski definition) is 1. The second kappa shape index (κ2) is 8.70. The fourth-order valence-corrected chi connectivity index (χ4v) is 2.54. The van der Waals surface area contributed by atoms with Crippen LogP contribution in [0.25, 0.3) is 0 Å². The van der Waals surface area contributed by atoms with Gasteiger partial charge in [-0.1, -0.05) is 24.0 Å². The number of nitrogens with zero attached hydrogens (tertiary/aromatic N) is 1. The van der Waals surface area contributed by atoms with Gasteiger partial charge >= 0.3 is 23.8 Å². The van der Waals surface area contributed by atoms with Gasteiger partial charge in [-0.15, -0.1) is 4.74 Å². The maximum absolute atomic E-state index is 12.8. The minimum absolute atomic E-state index is 0.00676. The molecule has 3 rings (SSSR count). The van der Waals surface area contributed by atoms with Crippen molar-refractivity contribution >= 4 is 0 Å². The van der Waals surface area contributed by atoms with Crippen LogP contribution in [0.4, 0.5) is 26.3 Å². The lowest BCUT2D eigenvalue weighted by molar-refractivity contribution is -0.143. The molecule has 1 heterocycles. The number of nitrogens with one attached hydrogen (secondary N) is 1. The van der Waals surface area contributed by atoms with Gasteiger partial charge in [0.15, 0.2) is 0 Å². The number of hydrogen-bond acceptors (Lipinski definition) is 4. The first-order valence-electron chi connectivity index (χ1n) is 8.72. The standard InChI is InChI=1S/C20H12F6N2O4/c21-19(22,23)14-8-15(20(24,25)26)10-16(9-14)31-7-1-2-12-3-5-13(6-4-12)11-28-17(29)27-18(30)32-28/h3-6,8-10H,7,11H2,(H,27,29,30). The third-order valence-electron chi connectivity index (χ3n) is 4.01. The molecule has 0 bridgehead atoms. The summed E-state index contributed by atoms with van der Waals surface area (Å²) in [4.78, 5) is 24.3. The first kappa shape index (κ1) is 22.8. The number of rotatable bonds is 4. The predicted octanol–water partition coefficient (Wildman–Crippen LogP) is 3.65. The highest BCUT2D eigenvalue weighted by Crippen LogP contribution is 2.38. The van der Waals surface area contributed by atoms with Gasteiger partial charge in [-0.05, 0) is 35.9 Å². The molecule has 0 fully saturated rings. The average molecular weight is 458 g/mol. The maximum Gasteiger partial charge on any atom is 0.440 e. The molecule has 0 atom stereocenters. The second-order valence-electron chi connectivity index (χ2n) is 6.37. The summed E-state index contributed by atoms with van der Waals surface area (Å²) in [6.45, 7) is -0.463. The molecule has 0 saturated carbocycles. The number of alkyl halides is 6. The number of benzene rings is 2. The van der Waals surface area contributed by atoms with Crippen molar-refractivity contribution in [3.8, 4) is 17.6 Å². The van der Waals surface area contributed by atoms with Gasteiger partial charge in [0.2, 0.25) is 0 Å². The smallest absolute Gasteiger partial charge is 0.440 e. The molecular weight excluding hydrogens is 446 g/mol. The van der Waals surface area contributed by atoms with Crippen molar-refractivity contribution in [3.05, 3.63) is 85.8 Å². The number of aromatic amines is 1. The van der Waals surface area contributed by atoms with Gasteiger partial charge < -0.3 is 9.26 Å². The van der Waals surface area contributed by atoms with E-state index in [4.69, 9.17) is 4.74 Å². The van der Waals surface area contributed by atoms with Crippen molar-refractivity contribution in [2.45, 2.75) is 18.9 Å². The van der Waals surface area contributed by atoms with Gasteiger partial charge in [-0.2, -0.15) is 26.3 Å². The van der Waals surface area contributed by atoms with E-state index in [0.717, 1.165) is 4.74 Å². The van der Waals surface area contributed by atoms with Crippen molar-refractivity contribution in [2.24, 2.45) is 0 Å². The average Bonchev–Trinajstić information content (AvgIpc) is 3.01. The zero-order chi connectivity index (χ0) is 23.5. The van der Waals surface area contributed by atoms with E-state index < -0.39 is 47.3 Å². The summed E-state index contributed by atoms with van der Waals surface area (Å²) in [5.41, 5.74) is -2.59. The van der Waals surface area contributed by atoms with Crippen molar-refractivity contribution in [1.29, 1.82) is 0 Å². The largest absolute Gasteiger partial charge is 0.481 e. The van der Waals surface area contributed by atoms with E-state index in [9.17, 15) is 35.9 Å². The third kappa shape index (κ3) is 5.84. The minimum atomic E-state index is -4.97. The van der Waals surface area contributed by atoms with Gasteiger partial charge in [-0.3, -0.25) is 0 Å². The molecular formula is C20H12F6N2O4. The van der Waals surface area contributed by atoms with Crippen LogP contribution in [-0.2, 0) is 18.9 Å². The van der Waals surface area contributed by atoms with Crippen LogP contribution in [0.15, 0.2) is 56.6 Å². The van der Waals surface area contributed by atoms with Crippen LogP contribution in [0.1, 0.15) is 22.3 Å². The molecule has 0 aliphatic rings. The van der Waals surface area contributed by atoms with Gasteiger partial charge in [0, 0.05) is 5.56 Å². The molecule has 3 aromatic rings. The minimum Gasteiger partial charge on any atom is -0.481 e. The molecule has 168 valence electrons. The van der Waals surface area contributed by atoms with Crippen molar-refractivity contribution in [2.75, 3.05) is 6.61 Å². The van der Waals surface area contributed by atoms with Crippen LogP contribution < -0.4 is 16.2 Å². The summed E-state index contributed by atoms with van der Waals surface area (Å²) in [5, 5.41) is 0. The molecule has 0 amide bonds. The first-order chi connectivity index (χ1) is 14.9. The van der Waals surface area contributed by atoms with E-state index in [1.807, 2.05) is 4.98 Å². The summed E-state index contributed by atoms with van der Waals surface area (Å²) >= 11 is 0. The highest BCUT2D eigenvalue weighted by atomic mass is 19.4. The molecule has 0 saturated heterocycles. The van der Waals surface area contributed by atoms with E-state index in [2.05, 4.69) is 16.4 Å². The quantitative estimate of drug-likeness (QED) is 0.479. The zero-order valence-corrected chi connectivity index (χ0v) is 15.8. The Hall–Kier alpha value is -3.88. The van der Waals surface area contributed by atoms with E-state index in [1.165, 1.54) is 0 Å². The maximum atomic E-state index is 12.8. The highest BCUT2D eigenvalue weighted by molar-refractivity contribution is 5.39. The number of H-pyrrole nitrogens is 1. The Kier molecular flexibility index (Phi) is 6.20. The van der Waals surface area contributed by atoms with Crippen molar-refractivity contribution in [3.63, 3.8) is 0 Å². The lowest BCUT2D eigenvalue weighted by atomic mass is 10.1. The van der Waals surface area contributed by atoms with Crippen LogP contribution >= 0.6 is 0 Å². The Morgan fingerprint density at radius 3 is 2.03 bits per heavy atom. The Labute approximate surface area is 175 Å². The summed E-state index contributed by atoms with van der Waals surface area (Å²) < 4.78 is 87.5. The van der Waals surface area contributed by atoms with Gasteiger partial charge in [0.1, 0.15) is 12.4 Å². The molecule has 0 radical (unpaired) electrons. The third-order valence-corrected chi connectivity index (χ3v) is 4.01. The molecule has 32 heavy (non-hydrogen) atoms. The topological polar surface area (TPSA) is 77.2 Å². The monoisotopic (exact) mass is 458 g/mol. The predicted molar refractivity (Wildman–Crippen MR) is 98.0 cm³/mol.